The van der Waals surface area contributed by atoms with Crippen molar-refractivity contribution in [2.45, 2.75) is 26.2 Å². The Morgan fingerprint density at radius 1 is 1.12 bits per heavy atom. The van der Waals surface area contributed by atoms with E-state index in [1.54, 1.807) is 19.1 Å². The average molecular weight is 364 g/mol. The minimum Gasteiger partial charge on any atom is -0.450 e. The summed E-state index contributed by atoms with van der Waals surface area (Å²) in [4.78, 5) is 25.8. The van der Waals surface area contributed by atoms with Crippen molar-refractivity contribution in [3.05, 3.63) is 24.3 Å². The van der Waals surface area contributed by atoms with Crippen LogP contribution in [0, 0.1) is 0 Å². The van der Waals surface area contributed by atoms with Gasteiger partial charge in [0.15, 0.2) is 5.11 Å². The topological polar surface area (TPSA) is 82.7 Å². The molecule has 25 heavy (non-hydrogen) atoms. The van der Waals surface area contributed by atoms with Gasteiger partial charge in [0.2, 0.25) is 5.91 Å². The van der Waals surface area contributed by atoms with Crippen molar-refractivity contribution in [1.29, 1.82) is 0 Å². The number of anilines is 2. The molecule has 1 aromatic carbocycles. The molecule has 0 aromatic heterocycles. The van der Waals surface area contributed by atoms with Crippen molar-refractivity contribution in [3.8, 4) is 0 Å². The van der Waals surface area contributed by atoms with Gasteiger partial charge in [0.1, 0.15) is 0 Å². The second-order valence-electron chi connectivity index (χ2n) is 5.73. The van der Waals surface area contributed by atoms with Crippen molar-refractivity contribution in [3.63, 3.8) is 0 Å². The van der Waals surface area contributed by atoms with E-state index in [1.165, 1.54) is 6.42 Å². The Hall–Kier alpha value is -2.19. The Balaban J connectivity index is 1.91. The largest absolute Gasteiger partial charge is 0.450 e. The zero-order valence-electron chi connectivity index (χ0n) is 14.3. The molecule has 7 nitrogen and oxygen atoms in total. The number of hydrogen-bond donors (Lipinski definition) is 3. The fraction of sp³-hybridized carbons (Fsp3) is 0.471. The Bertz CT molecular complexity index is 618. The maximum Gasteiger partial charge on any atom is 0.413 e. The molecule has 8 heteroatoms. The van der Waals surface area contributed by atoms with E-state index in [4.69, 9.17) is 17.0 Å². The molecule has 0 saturated carbocycles. The van der Waals surface area contributed by atoms with E-state index >= 15 is 0 Å². The Labute approximate surface area is 153 Å². The Kier molecular flexibility index (Phi) is 7.62. The number of rotatable bonds is 5. The van der Waals surface area contributed by atoms with Crippen molar-refractivity contribution in [2.75, 3.05) is 36.9 Å². The van der Waals surface area contributed by atoms with Gasteiger partial charge in [0.05, 0.1) is 24.5 Å². The standard InChI is InChI=1S/C17H24N4O3S/c1-2-24-17(23)20-16(25)19-14-9-5-4-8-13(14)18-15(22)12-21-10-6-3-7-11-21/h4-5,8-9H,2-3,6-7,10-12H2,1H3,(H,18,22)(H2,19,20,23,25). The second kappa shape index (κ2) is 9.95. The summed E-state index contributed by atoms with van der Waals surface area (Å²) in [6, 6.07) is 7.19. The lowest BCUT2D eigenvalue weighted by Gasteiger charge is -2.25. The number of hydrogen-bond acceptors (Lipinski definition) is 5. The van der Waals surface area contributed by atoms with E-state index in [2.05, 4.69) is 20.9 Å². The summed E-state index contributed by atoms with van der Waals surface area (Å²) in [5, 5.41) is 8.32. The van der Waals surface area contributed by atoms with Gasteiger partial charge in [-0.1, -0.05) is 18.6 Å². The highest BCUT2D eigenvalue weighted by Gasteiger charge is 2.15. The SMILES string of the molecule is CCOC(=O)NC(=S)Nc1ccccc1NC(=O)CN1CCCCC1. The van der Waals surface area contributed by atoms with Crippen LogP contribution in [0.1, 0.15) is 26.2 Å². The number of piperidine rings is 1. The quantitative estimate of drug-likeness (QED) is 0.697. The van der Waals surface area contributed by atoms with Gasteiger partial charge in [0.25, 0.3) is 0 Å². The highest BCUT2D eigenvalue weighted by atomic mass is 32.1. The van der Waals surface area contributed by atoms with Crippen molar-refractivity contribution < 1.29 is 14.3 Å². The smallest absolute Gasteiger partial charge is 0.413 e. The molecule has 1 aliphatic heterocycles. The lowest BCUT2D eigenvalue weighted by Crippen LogP contribution is -2.37. The van der Waals surface area contributed by atoms with Crippen molar-refractivity contribution in [2.24, 2.45) is 0 Å². The lowest BCUT2D eigenvalue weighted by atomic mass is 10.1. The molecule has 0 bridgehead atoms. The molecule has 1 heterocycles. The molecule has 1 aliphatic rings. The maximum absolute atomic E-state index is 12.3. The fourth-order valence-corrected chi connectivity index (χ4v) is 2.82. The van der Waals surface area contributed by atoms with E-state index in [9.17, 15) is 9.59 Å². The van der Waals surface area contributed by atoms with Gasteiger partial charge in [-0.15, -0.1) is 0 Å². The first-order valence-corrected chi connectivity index (χ1v) is 8.85. The summed E-state index contributed by atoms with van der Waals surface area (Å²) in [7, 11) is 0. The van der Waals surface area contributed by atoms with Gasteiger partial charge in [-0.2, -0.15) is 0 Å². The number of carbonyl (C=O) groups excluding carboxylic acids is 2. The average Bonchev–Trinajstić information content (AvgIpc) is 2.57. The number of nitrogens with zero attached hydrogens (tertiary/aromatic N) is 1. The van der Waals surface area contributed by atoms with Crippen molar-refractivity contribution in [1.82, 2.24) is 10.2 Å². The summed E-state index contributed by atoms with van der Waals surface area (Å²) in [5.41, 5.74) is 1.22. The van der Waals surface area contributed by atoms with E-state index in [0.29, 0.717) is 17.9 Å². The first kappa shape index (κ1) is 19.1. The van der Waals surface area contributed by atoms with Gasteiger partial charge in [0, 0.05) is 0 Å². The van der Waals surface area contributed by atoms with Crippen LogP contribution in [0.2, 0.25) is 0 Å². The molecule has 1 saturated heterocycles. The summed E-state index contributed by atoms with van der Waals surface area (Å²) >= 11 is 5.09. The summed E-state index contributed by atoms with van der Waals surface area (Å²) in [6.07, 6.45) is 2.89. The van der Waals surface area contributed by atoms with Crippen LogP contribution in [0.15, 0.2) is 24.3 Å². The number of benzene rings is 1. The normalized spacial score (nSPS) is 14.4. The van der Waals surface area contributed by atoms with Gasteiger partial charge >= 0.3 is 6.09 Å². The molecule has 1 fully saturated rings. The van der Waals surface area contributed by atoms with Gasteiger partial charge in [-0.3, -0.25) is 15.0 Å². The minimum atomic E-state index is -0.619. The molecular formula is C17H24N4O3S. The van der Waals surface area contributed by atoms with Crippen LogP contribution in [-0.2, 0) is 9.53 Å². The number of para-hydroxylation sites is 2. The highest BCUT2D eigenvalue weighted by molar-refractivity contribution is 7.80. The van der Waals surface area contributed by atoms with E-state index in [0.717, 1.165) is 25.9 Å². The predicted molar refractivity (Wildman–Crippen MR) is 102 cm³/mol. The van der Waals surface area contributed by atoms with E-state index in [1.807, 2.05) is 12.1 Å². The predicted octanol–water partition coefficient (Wildman–Crippen LogP) is 2.55. The number of thiocarbonyl (C=S) groups is 1. The van der Waals surface area contributed by atoms with E-state index < -0.39 is 6.09 Å². The molecule has 0 spiro atoms. The van der Waals surface area contributed by atoms with E-state index in [-0.39, 0.29) is 17.6 Å². The van der Waals surface area contributed by atoms with Crippen LogP contribution < -0.4 is 16.0 Å². The Morgan fingerprint density at radius 3 is 2.40 bits per heavy atom. The maximum atomic E-state index is 12.3. The number of alkyl carbamates (subject to hydrolysis) is 1. The zero-order valence-corrected chi connectivity index (χ0v) is 15.2. The van der Waals surface area contributed by atoms with Crippen LogP contribution in [-0.4, -0.2) is 48.3 Å². The molecule has 0 aliphatic carbocycles. The highest BCUT2D eigenvalue weighted by Crippen LogP contribution is 2.21. The lowest BCUT2D eigenvalue weighted by molar-refractivity contribution is -0.117. The first-order chi connectivity index (χ1) is 12.1. The van der Waals surface area contributed by atoms with Crippen LogP contribution >= 0.6 is 12.2 Å². The molecule has 2 rings (SSSR count). The summed E-state index contributed by atoms with van der Waals surface area (Å²) in [5.74, 6) is -0.0691. The number of amides is 2. The summed E-state index contributed by atoms with van der Waals surface area (Å²) < 4.78 is 4.78. The minimum absolute atomic E-state index is 0.0691. The molecule has 3 N–H and O–H groups in total. The third-order valence-corrected chi connectivity index (χ3v) is 3.96. The first-order valence-electron chi connectivity index (χ1n) is 8.44. The zero-order chi connectivity index (χ0) is 18.1. The molecule has 1 aromatic rings. The molecule has 0 unspecified atom stereocenters. The Morgan fingerprint density at radius 2 is 1.76 bits per heavy atom. The fourth-order valence-electron chi connectivity index (χ4n) is 2.62. The third kappa shape index (κ3) is 6.67. The molecule has 2 amide bonds. The van der Waals surface area contributed by atoms with Crippen LogP contribution in [0.5, 0.6) is 0 Å². The monoisotopic (exact) mass is 364 g/mol. The van der Waals surface area contributed by atoms with Gasteiger partial charge in [-0.05, 0) is 57.2 Å². The number of carbonyl (C=O) groups is 2. The number of ether oxygens (including phenoxy) is 1. The van der Waals surface area contributed by atoms with Crippen LogP contribution in [0.4, 0.5) is 16.2 Å². The number of nitrogens with one attached hydrogen (secondary N) is 3. The van der Waals surface area contributed by atoms with Crippen LogP contribution in [0.25, 0.3) is 0 Å². The molecule has 136 valence electrons. The number of likely N-dealkylation sites (tertiary alicyclic amines) is 1. The molecular weight excluding hydrogens is 340 g/mol. The second-order valence-corrected chi connectivity index (χ2v) is 6.14. The van der Waals surface area contributed by atoms with Crippen molar-refractivity contribution >= 4 is 40.7 Å². The van der Waals surface area contributed by atoms with Gasteiger partial charge in [-0.25, -0.2) is 4.79 Å². The summed E-state index contributed by atoms with van der Waals surface area (Å²) in [6.45, 7) is 4.27. The molecule has 0 radical (unpaired) electrons. The van der Waals surface area contributed by atoms with Crippen LogP contribution in [0.3, 0.4) is 0 Å². The third-order valence-electron chi connectivity index (χ3n) is 3.76. The molecule has 0 atom stereocenters. The van der Waals surface area contributed by atoms with Gasteiger partial charge < -0.3 is 15.4 Å².